The van der Waals surface area contributed by atoms with E-state index in [0.29, 0.717) is 24.0 Å². The summed E-state index contributed by atoms with van der Waals surface area (Å²) in [6, 6.07) is 7.15. The molecule has 0 unspecified atom stereocenters. The van der Waals surface area contributed by atoms with Gasteiger partial charge in [0.15, 0.2) is 5.78 Å². The molecule has 0 saturated heterocycles. The van der Waals surface area contributed by atoms with E-state index in [2.05, 4.69) is 0 Å². The summed E-state index contributed by atoms with van der Waals surface area (Å²) in [6.45, 7) is 1.94. The summed E-state index contributed by atoms with van der Waals surface area (Å²) in [5.41, 5.74) is 2.02. The number of carboxylic acid groups (broad SMARTS) is 1. The van der Waals surface area contributed by atoms with Crippen molar-refractivity contribution < 1.29 is 14.7 Å². The van der Waals surface area contributed by atoms with Crippen LogP contribution >= 0.6 is 0 Å². The van der Waals surface area contributed by atoms with Gasteiger partial charge in [-0.2, -0.15) is 0 Å². The van der Waals surface area contributed by atoms with E-state index in [1.54, 1.807) is 24.3 Å². The van der Waals surface area contributed by atoms with Crippen molar-refractivity contribution in [3.05, 3.63) is 58.7 Å². The molecule has 0 radical (unpaired) electrons. The molecule has 0 bridgehead atoms. The van der Waals surface area contributed by atoms with Gasteiger partial charge in [-0.05, 0) is 19.8 Å². The number of hydrogen-bond donors (Lipinski definition) is 1. The second kappa shape index (κ2) is 5.00. The Labute approximate surface area is 105 Å². The Bertz CT molecular complexity index is 548. The highest BCUT2D eigenvalue weighted by atomic mass is 16.4. The van der Waals surface area contributed by atoms with Crippen LogP contribution in [0.2, 0.25) is 0 Å². The number of allylic oxidation sites excluding steroid dienone is 2. The van der Waals surface area contributed by atoms with Crippen LogP contribution in [0.25, 0.3) is 0 Å². The Morgan fingerprint density at radius 3 is 2.11 bits per heavy atom. The number of benzene rings is 1. The average Bonchev–Trinajstić information content (AvgIpc) is 2.39. The lowest BCUT2D eigenvalue weighted by Crippen LogP contribution is -2.14. The zero-order valence-corrected chi connectivity index (χ0v) is 10.1. The third-order valence-electron chi connectivity index (χ3n) is 2.94. The van der Waals surface area contributed by atoms with Crippen molar-refractivity contribution in [1.29, 1.82) is 0 Å². The van der Waals surface area contributed by atoms with Gasteiger partial charge in [0.1, 0.15) is 0 Å². The van der Waals surface area contributed by atoms with E-state index in [1.165, 1.54) is 0 Å². The first-order valence-electron chi connectivity index (χ1n) is 5.85. The molecule has 0 amide bonds. The number of carbonyl (C=O) groups excluding carboxylic acids is 1. The number of Topliss-reactive ketones (excluding diaryl/α,β-unsaturated/α-hetero) is 1. The number of carbonyl (C=O) groups is 2. The minimum absolute atomic E-state index is 0.117. The van der Waals surface area contributed by atoms with Crippen LogP contribution in [0.3, 0.4) is 0 Å². The van der Waals surface area contributed by atoms with Gasteiger partial charge in [0.25, 0.3) is 0 Å². The van der Waals surface area contributed by atoms with Crippen LogP contribution in [-0.2, 0) is 4.79 Å². The molecule has 0 spiro atoms. The number of rotatable bonds is 3. The van der Waals surface area contributed by atoms with Crippen LogP contribution < -0.4 is 0 Å². The predicted molar refractivity (Wildman–Crippen MR) is 68.5 cm³/mol. The van der Waals surface area contributed by atoms with Crippen molar-refractivity contribution in [2.45, 2.75) is 19.8 Å². The molecule has 3 nitrogen and oxygen atoms in total. The lowest BCUT2D eigenvalue weighted by molar-refractivity contribution is -0.132. The molecule has 3 heteroatoms. The fourth-order valence-electron chi connectivity index (χ4n) is 1.95. The summed E-state index contributed by atoms with van der Waals surface area (Å²) in [7, 11) is 0. The molecule has 18 heavy (non-hydrogen) atoms. The highest BCUT2D eigenvalue weighted by Gasteiger charge is 2.22. The summed E-state index contributed by atoms with van der Waals surface area (Å²) >= 11 is 0. The van der Waals surface area contributed by atoms with E-state index in [0.717, 1.165) is 5.56 Å². The smallest absolute Gasteiger partial charge is 0.336 e. The van der Waals surface area contributed by atoms with E-state index in [4.69, 9.17) is 5.11 Å². The molecule has 1 aromatic rings. The summed E-state index contributed by atoms with van der Waals surface area (Å²) < 4.78 is 0. The Kier molecular flexibility index (Phi) is 3.42. The molecule has 1 aromatic carbocycles. The average molecular weight is 242 g/mol. The molecule has 0 atom stereocenters. The maximum atomic E-state index is 12.3. The van der Waals surface area contributed by atoms with Crippen LogP contribution in [0, 0.1) is 6.92 Å². The molecule has 0 aliphatic heterocycles. The number of ketones is 1. The van der Waals surface area contributed by atoms with E-state index in [1.807, 2.05) is 19.1 Å². The minimum atomic E-state index is -1.04. The third-order valence-corrected chi connectivity index (χ3v) is 2.94. The van der Waals surface area contributed by atoms with Crippen LogP contribution in [0.5, 0.6) is 0 Å². The Morgan fingerprint density at radius 2 is 1.56 bits per heavy atom. The van der Waals surface area contributed by atoms with Crippen LogP contribution in [-0.4, -0.2) is 16.9 Å². The van der Waals surface area contributed by atoms with Crippen molar-refractivity contribution in [3.63, 3.8) is 0 Å². The second-order valence-corrected chi connectivity index (χ2v) is 4.31. The van der Waals surface area contributed by atoms with Gasteiger partial charge in [-0.1, -0.05) is 42.0 Å². The zero-order valence-electron chi connectivity index (χ0n) is 10.1. The zero-order chi connectivity index (χ0) is 13.1. The first-order chi connectivity index (χ1) is 8.59. The summed E-state index contributed by atoms with van der Waals surface area (Å²) in [6.07, 6.45) is 4.71. The van der Waals surface area contributed by atoms with Gasteiger partial charge in [0.2, 0.25) is 0 Å². The first kappa shape index (κ1) is 12.3. The fraction of sp³-hybridized carbons (Fsp3) is 0.200. The number of carboxylic acids is 1. The molecular weight excluding hydrogens is 228 g/mol. The number of hydrogen-bond acceptors (Lipinski definition) is 2. The molecule has 0 fully saturated rings. The highest BCUT2D eigenvalue weighted by molar-refractivity contribution is 6.17. The molecule has 92 valence electrons. The van der Waals surface area contributed by atoms with Crippen molar-refractivity contribution >= 4 is 11.8 Å². The van der Waals surface area contributed by atoms with Crippen LogP contribution in [0.15, 0.2) is 47.6 Å². The summed E-state index contributed by atoms with van der Waals surface area (Å²) in [5, 5.41) is 9.09. The molecule has 0 saturated carbocycles. The molecular formula is C15H14O3. The minimum Gasteiger partial charge on any atom is -0.478 e. The molecule has 1 aliphatic rings. The molecule has 0 heterocycles. The van der Waals surface area contributed by atoms with Gasteiger partial charge in [0, 0.05) is 11.1 Å². The van der Waals surface area contributed by atoms with Crippen molar-refractivity contribution in [3.8, 4) is 0 Å². The van der Waals surface area contributed by atoms with E-state index < -0.39 is 5.97 Å². The van der Waals surface area contributed by atoms with Gasteiger partial charge in [-0.25, -0.2) is 4.79 Å². The normalized spacial score (nSPS) is 14.7. The Hall–Kier alpha value is -2.16. The summed E-state index contributed by atoms with van der Waals surface area (Å²) in [4.78, 5) is 23.3. The second-order valence-electron chi connectivity index (χ2n) is 4.31. The molecule has 2 rings (SSSR count). The van der Waals surface area contributed by atoms with Crippen LogP contribution in [0.1, 0.15) is 28.8 Å². The fourth-order valence-corrected chi connectivity index (χ4v) is 1.95. The lowest BCUT2D eigenvalue weighted by Gasteiger charge is -2.12. The first-order valence-corrected chi connectivity index (χ1v) is 5.85. The Morgan fingerprint density at radius 1 is 1.00 bits per heavy atom. The molecule has 0 aromatic heterocycles. The van der Waals surface area contributed by atoms with Gasteiger partial charge in [-0.3, -0.25) is 4.79 Å². The predicted octanol–water partition coefficient (Wildman–Crippen LogP) is 2.91. The third kappa shape index (κ3) is 2.40. The number of aryl methyl sites for hydroxylation is 1. The Balaban J connectivity index is 2.33. The highest BCUT2D eigenvalue weighted by Crippen LogP contribution is 2.23. The maximum Gasteiger partial charge on any atom is 0.336 e. The largest absolute Gasteiger partial charge is 0.478 e. The number of aliphatic carboxylic acids is 1. The molecule has 1 aliphatic carbocycles. The standard InChI is InChI=1S/C15H14O3/c1-10-6-8-11(9-7-10)14(16)12-4-2-3-5-13(12)15(17)18/h4-9H,2-3H2,1H3,(H,17,18). The lowest BCUT2D eigenvalue weighted by atomic mass is 9.91. The van der Waals surface area contributed by atoms with Crippen molar-refractivity contribution in [2.75, 3.05) is 0 Å². The van der Waals surface area contributed by atoms with Gasteiger partial charge in [0.05, 0.1) is 5.57 Å². The molecule has 1 N–H and O–H groups in total. The SMILES string of the molecule is Cc1ccc(C(=O)C2=CCCC=C2C(=O)O)cc1. The monoisotopic (exact) mass is 242 g/mol. The van der Waals surface area contributed by atoms with E-state index in [-0.39, 0.29) is 11.4 Å². The quantitative estimate of drug-likeness (QED) is 0.829. The van der Waals surface area contributed by atoms with Gasteiger partial charge < -0.3 is 5.11 Å². The topological polar surface area (TPSA) is 54.4 Å². The van der Waals surface area contributed by atoms with E-state index in [9.17, 15) is 9.59 Å². The van der Waals surface area contributed by atoms with Crippen molar-refractivity contribution in [2.24, 2.45) is 0 Å². The van der Waals surface area contributed by atoms with E-state index >= 15 is 0 Å². The maximum absolute atomic E-state index is 12.3. The van der Waals surface area contributed by atoms with Gasteiger partial charge >= 0.3 is 5.97 Å². The summed E-state index contributed by atoms with van der Waals surface area (Å²) in [5.74, 6) is -1.26. The van der Waals surface area contributed by atoms with Crippen LogP contribution in [0.4, 0.5) is 0 Å². The van der Waals surface area contributed by atoms with Crippen molar-refractivity contribution in [1.82, 2.24) is 0 Å². The van der Waals surface area contributed by atoms with Gasteiger partial charge in [-0.15, -0.1) is 0 Å².